The van der Waals surface area contributed by atoms with Crippen LogP contribution in [0.5, 0.6) is 0 Å². The van der Waals surface area contributed by atoms with Gasteiger partial charge in [0.1, 0.15) is 5.54 Å². The van der Waals surface area contributed by atoms with E-state index in [4.69, 9.17) is 11.5 Å². The minimum Gasteiger partial charge on any atom is -0.368 e. The Hall–Kier alpha value is -1.92. The third kappa shape index (κ3) is 3.65. The first kappa shape index (κ1) is 12.1. The minimum absolute atomic E-state index is 0.547. The van der Waals surface area contributed by atoms with Crippen LogP contribution < -0.4 is 11.5 Å². The lowest BCUT2D eigenvalue weighted by molar-refractivity contribution is -0.426. The van der Waals surface area contributed by atoms with Crippen LogP contribution in [0.25, 0.3) is 0 Å². The molecule has 7 nitrogen and oxygen atoms in total. The monoisotopic (exact) mass is 200 g/mol. The third-order valence-electron chi connectivity index (χ3n) is 1.46. The van der Waals surface area contributed by atoms with E-state index in [2.05, 4.69) is 4.99 Å². The van der Waals surface area contributed by atoms with Gasteiger partial charge >= 0.3 is 5.82 Å². The van der Waals surface area contributed by atoms with Gasteiger partial charge in [0.2, 0.25) is 5.91 Å². The smallest absolute Gasteiger partial charge is 0.315 e. The van der Waals surface area contributed by atoms with Crippen molar-refractivity contribution in [2.45, 2.75) is 19.4 Å². The molecule has 0 aliphatic rings. The van der Waals surface area contributed by atoms with E-state index < -0.39 is 22.2 Å². The van der Waals surface area contributed by atoms with Crippen LogP contribution in [0.4, 0.5) is 0 Å². The molecule has 0 aromatic heterocycles. The molecular weight excluding hydrogens is 188 g/mol. The summed E-state index contributed by atoms with van der Waals surface area (Å²) in [5.41, 5.74) is 8.90. The summed E-state index contributed by atoms with van der Waals surface area (Å²) in [6.07, 6.45) is 2.08. The van der Waals surface area contributed by atoms with Crippen LogP contribution in [0.2, 0.25) is 0 Å². The van der Waals surface area contributed by atoms with Gasteiger partial charge in [0, 0.05) is 12.3 Å². The Morgan fingerprint density at radius 1 is 1.50 bits per heavy atom. The number of amides is 1. The zero-order valence-electron chi connectivity index (χ0n) is 7.93. The summed E-state index contributed by atoms with van der Waals surface area (Å²) < 4.78 is 0. The maximum absolute atomic E-state index is 10.8. The summed E-state index contributed by atoms with van der Waals surface area (Å²) in [6.45, 7) is 2.98. The molecule has 0 saturated carbocycles. The zero-order chi connectivity index (χ0) is 11.4. The number of primary amides is 1. The van der Waals surface area contributed by atoms with Crippen LogP contribution in [-0.4, -0.2) is 22.6 Å². The molecule has 0 heterocycles. The summed E-state index contributed by atoms with van der Waals surface area (Å²) >= 11 is 0. The van der Waals surface area contributed by atoms with E-state index in [9.17, 15) is 14.9 Å². The lowest BCUT2D eigenvalue weighted by atomic mass is 10.1. The van der Waals surface area contributed by atoms with Crippen molar-refractivity contribution in [1.82, 2.24) is 0 Å². The fourth-order valence-corrected chi connectivity index (χ4v) is 0.424. The van der Waals surface area contributed by atoms with Gasteiger partial charge in [-0.15, -0.1) is 0 Å². The standard InChI is InChI=1S/C7H12N4O3/c1-7(2,6(9)12)10-4-3-5(8)11(13)14/h3-4H,8H2,1-2H3,(H2,9,12). The van der Waals surface area contributed by atoms with Gasteiger partial charge in [-0.25, -0.2) is 0 Å². The molecule has 0 unspecified atom stereocenters. The highest BCUT2D eigenvalue weighted by molar-refractivity contribution is 5.86. The number of hydrogen-bond donors (Lipinski definition) is 2. The number of carbonyl (C=O) groups is 1. The van der Waals surface area contributed by atoms with Gasteiger partial charge in [0.15, 0.2) is 0 Å². The van der Waals surface area contributed by atoms with E-state index in [1.165, 1.54) is 13.8 Å². The van der Waals surface area contributed by atoms with Gasteiger partial charge in [0.05, 0.1) is 0 Å². The van der Waals surface area contributed by atoms with Crippen LogP contribution in [0.3, 0.4) is 0 Å². The number of allylic oxidation sites excluding steroid dienone is 1. The number of nitrogens with two attached hydrogens (primary N) is 2. The molecule has 0 aromatic carbocycles. The van der Waals surface area contributed by atoms with Crippen LogP contribution in [0.15, 0.2) is 16.9 Å². The van der Waals surface area contributed by atoms with Crippen LogP contribution in [0.1, 0.15) is 13.8 Å². The van der Waals surface area contributed by atoms with Gasteiger partial charge in [-0.05, 0) is 18.8 Å². The van der Waals surface area contributed by atoms with E-state index in [1.54, 1.807) is 0 Å². The normalized spacial score (nSPS) is 13.1. The summed E-state index contributed by atoms with van der Waals surface area (Å²) in [4.78, 5) is 23.8. The molecule has 0 radical (unpaired) electrons. The molecule has 78 valence electrons. The maximum atomic E-state index is 10.8. The van der Waals surface area contributed by atoms with Crippen LogP contribution in [-0.2, 0) is 4.79 Å². The highest BCUT2D eigenvalue weighted by Crippen LogP contribution is 2.06. The molecule has 0 atom stereocenters. The molecule has 7 heteroatoms. The van der Waals surface area contributed by atoms with Gasteiger partial charge in [-0.3, -0.25) is 15.5 Å². The zero-order valence-corrected chi connectivity index (χ0v) is 7.93. The van der Waals surface area contributed by atoms with Crippen molar-refractivity contribution in [1.29, 1.82) is 0 Å². The summed E-state index contributed by atoms with van der Waals surface area (Å²) in [5, 5.41) is 10.0. The molecule has 0 aromatic rings. The number of nitrogens with zero attached hydrogens (tertiary/aromatic N) is 2. The summed E-state index contributed by atoms with van der Waals surface area (Å²) in [7, 11) is 0. The number of aliphatic imine (C=N–C) groups is 1. The predicted octanol–water partition coefficient (Wildman–Crippen LogP) is -0.602. The molecule has 0 fully saturated rings. The molecule has 0 spiro atoms. The summed E-state index contributed by atoms with van der Waals surface area (Å²) in [5.74, 6) is -1.17. The minimum atomic E-state index is -1.09. The Morgan fingerprint density at radius 2 is 2.00 bits per heavy atom. The van der Waals surface area contributed by atoms with Gasteiger partial charge in [-0.2, -0.15) is 0 Å². The molecule has 14 heavy (non-hydrogen) atoms. The molecule has 0 bridgehead atoms. The van der Waals surface area contributed by atoms with Crippen molar-refractivity contribution >= 4 is 12.1 Å². The first-order valence-electron chi connectivity index (χ1n) is 3.72. The van der Waals surface area contributed by atoms with Crippen molar-refractivity contribution in [3.8, 4) is 0 Å². The van der Waals surface area contributed by atoms with Gasteiger partial charge < -0.3 is 15.8 Å². The highest BCUT2D eigenvalue weighted by Gasteiger charge is 2.22. The molecule has 1 amide bonds. The first-order chi connectivity index (χ1) is 6.27. The van der Waals surface area contributed by atoms with Crippen molar-refractivity contribution in [3.05, 3.63) is 22.0 Å². The molecule has 0 aliphatic carbocycles. The van der Waals surface area contributed by atoms with Crippen LogP contribution in [0, 0.1) is 10.1 Å². The second kappa shape index (κ2) is 4.35. The Morgan fingerprint density at radius 3 is 2.36 bits per heavy atom. The largest absolute Gasteiger partial charge is 0.368 e. The lowest BCUT2D eigenvalue weighted by Gasteiger charge is -2.13. The Kier molecular flexibility index (Phi) is 3.76. The van der Waals surface area contributed by atoms with E-state index in [1.807, 2.05) is 0 Å². The third-order valence-corrected chi connectivity index (χ3v) is 1.46. The van der Waals surface area contributed by atoms with E-state index in [0.717, 1.165) is 12.3 Å². The molecular formula is C7H12N4O3. The van der Waals surface area contributed by atoms with Gasteiger partial charge in [-0.1, -0.05) is 0 Å². The fourth-order valence-electron chi connectivity index (χ4n) is 0.424. The lowest BCUT2D eigenvalue weighted by Crippen LogP contribution is -2.36. The van der Waals surface area contributed by atoms with Crippen molar-refractivity contribution in [2.24, 2.45) is 16.5 Å². The van der Waals surface area contributed by atoms with E-state index in [0.29, 0.717) is 0 Å². The van der Waals surface area contributed by atoms with Crippen molar-refractivity contribution in [2.75, 3.05) is 0 Å². The molecule has 0 rings (SSSR count). The maximum Gasteiger partial charge on any atom is 0.315 e. The van der Waals surface area contributed by atoms with Crippen molar-refractivity contribution in [3.63, 3.8) is 0 Å². The van der Waals surface area contributed by atoms with Gasteiger partial charge in [0.25, 0.3) is 0 Å². The second-order valence-corrected chi connectivity index (χ2v) is 3.05. The topological polar surface area (TPSA) is 125 Å². The number of nitro groups is 1. The Balaban J connectivity index is 4.55. The molecule has 0 saturated heterocycles. The average Bonchev–Trinajstić information content (AvgIpc) is 2.03. The average molecular weight is 200 g/mol. The molecule has 4 N–H and O–H groups in total. The second-order valence-electron chi connectivity index (χ2n) is 3.05. The predicted molar refractivity (Wildman–Crippen MR) is 51.0 cm³/mol. The number of hydrogen-bond acceptors (Lipinski definition) is 5. The van der Waals surface area contributed by atoms with Crippen LogP contribution >= 0.6 is 0 Å². The van der Waals surface area contributed by atoms with E-state index >= 15 is 0 Å². The van der Waals surface area contributed by atoms with E-state index in [-0.39, 0.29) is 0 Å². The Bertz CT molecular complexity index is 306. The Labute approximate surface area is 80.6 Å². The highest BCUT2D eigenvalue weighted by atomic mass is 16.6. The number of carbonyl (C=O) groups excluding carboxylic acids is 1. The molecule has 0 aliphatic heterocycles. The number of rotatable bonds is 4. The van der Waals surface area contributed by atoms with Crippen molar-refractivity contribution < 1.29 is 9.72 Å². The summed E-state index contributed by atoms with van der Waals surface area (Å²) in [6, 6.07) is 0. The first-order valence-corrected chi connectivity index (χ1v) is 3.72. The fraction of sp³-hybridized carbons (Fsp3) is 0.429. The quantitative estimate of drug-likeness (QED) is 0.357. The SMILES string of the molecule is CC(C)(N=CC=C(N)[N+](=O)[O-])C(N)=O.